The van der Waals surface area contributed by atoms with Crippen molar-refractivity contribution >= 4 is 11.3 Å². The van der Waals surface area contributed by atoms with Crippen LogP contribution < -0.4 is 10.5 Å². The number of benzene rings is 1. The van der Waals surface area contributed by atoms with E-state index >= 15 is 0 Å². The molecule has 2 unspecified atom stereocenters. The monoisotopic (exact) mass is 291 g/mol. The first-order chi connectivity index (χ1) is 9.56. The fraction of sp³-hybridized carbons (Fsp3) is 0.375. The van der Waals surface area contributed by atoms with Crippen LogP contribution in [0.3, 0.4) is 0 Å². The lowest BCUT2D eigenvalue weighted by atomic mass is 9.90. The van der Waals surface area contributed by atoms with Gasteiger partial charge in [-0.15, -0.1) is 11.3 Å². The van der Waals surface area contributed by atoms with Gasteiger partial charge < -0.3 is 15.6 Å². The molecule has 2 aromatic rings. The molecule has 20 heavy (non-hydrogen) atoms. The number of nitrogens with two attached hydrogens (primary N) is 1. The zero-order valence-corrected chi connectivity index (χ0v) is 12.9. The summed E-state index contributed by atoms with van der Waals surface area (Å²) in [5.41, 5.74) is 9.43. The zero-order chi connectivity index (χ0) is 14.7. The molecule has 3 nitrogen and oxygen atoms in total. The van der Waals surface area contributed by atoms with Crippen molar-refractivity contribution in [2.75, 3.05) is 13.7 Å². The van der Waals surface area contributed by atoms with Crippen LogP contribution in [0.25, 0.3) is 0 Å². The van der Waals surface area contributed by atoms with Crippen LogP contribution in [0.15, 0.2) is 29.6 Å². The van der Waals surface area contributed by atoms with Gasteiger partial charge in [-0.25, -0.2) is 0 Å². The van der Waals surface area contributed by atoms with Gasteiger partial charge in [0.05, 0.1) is 13.2 Å². The second-order valence-electron chi connectivity index (χ2n) is 5.02. The smallest absolute Gasteiger partial charge is 0.129 e. The van der Waals surface area contributed by atoms with Crippen molar-refractivity contribution < 1.29 is 9.84 Å². The standard InChI is InChI=1S/C16H21NO2S/c1-10-4-5-12(6-11(10)2)14(8-17)16(18)15-7-13(19-3)9-20-15/h4-7,9,14,16,18H,8,17H2,1-3H3. The third-order valence-electron chi connectivity index (χ3n) is 3.72. The fourth-order valence-electron chi connectivity index (χ4n) is 2.24. The molecule has 0 fully saturated rings. The average molecular weight is 291 g/mol. The van der Waals surface area contributed by atoms with Crippen molar-refractivity contribution in [2.45, 2.75) is 25.9 Å². The van der Waals surface area contributed by atoms with Crippen LogP contribution in [0.2, 0.25) is 0 Å². The second kappa shape index (κ2) is 6.39. The van der Waals surface area contributed by atoms with Crippen molar-refractivity contribution in [3.8, 4) is 5.75 Å². The second-order valence-corrected chi connectivity index (χ2v) is 5.96. The molecule has 0 bridgehead atoms. The molecule has 1 heterocycles. The Balaban J connectivity index is 2.28. The van der Waals surface area contributed by atoms with Gasteiger partial charge in [-0.1, -0.05) is 18.2 Å². The number of methoxy groups -OCH3 is 1. The van der Waals surface area contributed by atoms with Crippen molar-refractivity contribution in [3.63, 3.8) is 0 Å². The van der Waals surface area contributed by atoms with E-state index in [0.717, 1.165) is 16.2 Å². The van der Waals surface area contributed by atoms with Gasteiger partial charge in [-0.3, -0.25) is 0 Å². The number of hydrogen-bond acceptors (Lipinski definition) is 4. The maximum Gasteiger partial charge on any atom is 0.129 e. The van der Waals surface area contributed by atoms with Crippen molar-refractivity contribution in [1.82, 2.24) is 0 Å². The highest BCUT2D eigenvalue weighted by atomic mass is 32.1. The Kier molecular flexibility index (Phi) is 4.81. The minimum atomic E-state index is -0.601. The Bertz CT molecular complexity index is 580. The van der Waals surface area contributed by atoms with Gasteiger partial charge in [0.1, 0.15) is 5.75 Å². The minimum Gasteiger partial charge on any atom is -0.496 e. The number of thiophene rings is 1. The maximum absolute atomic E-state index is 10.6. The van der Waals surface area contributed by atoms with Crippen molar-refractivity contribution in [3.05, 3.63) is 51.2 Å². The van der Waals surface area contributed by atoms with Gasteiger partial charge in [-0.05, 0) is 36.6 Å². The molecule has 2 rings (SSSR count). The Hall–Kier alpha value is -1.36. The lowest BCUT2D eigenvalue weighted by Gasteiger charge is -2.21. The molecule has 0 aliphatic heterocycles. The summed E-state index contributed by atoms with van der Waals surface area (Å²) in [6.07, 6.45) is -0.601. The predicted molar refractivity (Wildman–Crippen MR) is 83.5 cm³/mol. The quantitative estimate of drug-likeness (QED) is 0.889. The molecule has 0 amide bonds. The van der Waals surface area contributed by atoms with Gasteiger partial charge in [0.25, 0.3) is 0 Å². The molecule has 0 saturated carbocycles. The van der Waals surface area contributed by atoms with Crippen molar-refractivity contribution in [2.24, 2.45) is 5.73 Å². The number of aliphatic hydroxyl groups excluding tert-OH is 1. The van der Waals surface area contributed by atoms with E-state index in [1.54, 1.807) is 7.11 Å². The van der Waals surface area contributed by atoms with Gasteiger partial charge in [-0.2, -0.15) is 0 Å². The first-order valence-corrected chi connectivity index (χ1v) is 7.52. The first-order valence-electron chi connectivity index (χ1n) is 6.64. The normalized spacial score (nSPS) is 14.1. The van der Waals surface area contributed by atoms with Crippen LogP contribution in [-0.4, -0.2) is 18.8 Å². The van der Waals surface area contributed by atoms with E-state index in [4.69, 9.17) is 10.5 Å². The number of aliphatic hydroxyl groups is 1. The summed E-state index contributed by atoms with van der Waals surface area (Å²) >= 11 is 1.50. The van der Waals surface area contributed by atoms with Crippen LogP contribution in [-0.2, 0) is 0 Å². The third kappa shape index (κ3) is 3.03. The van der Waals surface area contributed by atoms with E-state index in [1.165, 1.54) is 22.5 Å². The highest BCUT2D eigenvalue weighted by Crippen LogP contribution is 2.36. The van der Waals surface area contributed by atoms with Crippen LogP contribution in [0.1, 0.15) is 33.6 Å². The largest absolute Gasteiger partial charge is 0.496 e. The SMILES string of the molecule is COc1csc(C(O)C(CN)c2ccc(C)c(C)c2)c1. The Morgan fingerprint density at radius 3 is 2.55 bits per heavy atom. The molecule has 4 heteroatoms. The molecule has 1 aromatic heterocycles. The predicted octanol–water partition coefficient (Wildman–Crippen LogP) is 3.15. The molecule has 0 saturated heterocycles. The summed E-state index contributed by atoms with van der Waals surface area (Å²) in [6.45, 7) is 4.56. The van der Waals surface area contributed by atoms with Gasteiger partial charge in [0.2, 0.25) is 0 Å². The average Bonchev–Trinajstić information content (AvgIpc) is 2.92. The molecule has 0 spiro atoms. The summed E-state index contributed by atoms with van der Waals surface area (Å²) < 4.78 is 5.17. The molecule has 1 aromatic carbocycles. The van der Waals surface area contributed by atoms with Crippen LogP contribution in [0.5, 0.6) is 5.75 Å². The van der Waals surface area contributed by atoms with Crippen molar-refractivity contribution in [1.29, 1.82) is 0 Å². The Morgan fingerprint density at radius 2 is 2.00 bits per heavy atom. The van der Waals surface area contributed by atoms with E-state index in [1.807, 2.05) is 17.5 Å². The van der Waals surface area contributed by atoms with E-state index in [9.17, 15) is 5.11 Å². The van der Waals surface area contributed by atoms with E-state index in [-0.39, 0.29) is 5.92 Å². The van der Waals surface area contributed by atoms with E-state index in [0.29, 0.717) is 6.54 Å². The van der Waals surface area contributed by atoms with E-state index < -0.39 is 6.10 Å². The number of ether oxygens (including phenoxy) is 1. The topological polar surface area (TPSA) is 55.5 Å². The van der Waals surface area contributed by atoms with Crippen LogP contribution in [0.4, 0.5) is 0 Å². The molecular formula is C16H21NO2S. The highest BCUT2D eigenvalue weighted by molar-refractivity contribution is 7.10. The third-order valence-corrected chi connectivity index (χ3v) is 4.70. The molecular weight excluding hydrogens is 270 g/mol. The van der Waals surface area contributed by atoms with Gasteiger partial charge >= 0.3 is 0 Å². The molecule has 0 radical (unpaired) electrons. The fourth-order valence-corrected chi connectivity index (χ4v) is 3.14. The number of rotatable bonds is 5. The lowest BCUT2D eigenvalue weighted by molar-refractivity contribution is 0.151. The van der Waals surface area contributed by atoms with Gasteiger partial charge in [0.15, 0.2) is 0 Å². The Labute approximate surface area is 124 Å². The highest BCUT2D eigenvalue weighted by Gasteiger charge is 2.23. The van der Waals surface area contributed by atoms with Crippen LogP contribution >= 0.6 is 11.3 Å². The van der Waals surface area contributed by atoms with Crippen LogP contribution in [0, 0.1) is 13.8 Å². The molecule has 0 aliphatic rings. The summed E-state index contributed by atoms with van der Waals surface area (Å²) in [5.74, 6) is 0.678. The Morgan fingerprint density at radius 1 is 1.25 bits per heavy atom. The summed E-state index contributed by atoms with van der Waals surface area (Å²) in [6, 6.07) is 8.11. The molecule has 108 valence electrons. The first kappa shape index (κ1) is 15.0. The molecule has 3 N–H and O–H groups in total. The molecule has 2 atom stereocenters. The number of aryl methyl sites for hydroxylation is 2. The molecule has 0 aliphatic carbocycles. The summed E-state index contributed by atoms with van der Waals surface area (Å²) in [4.78, 5) is 0.885. The summed E-state index contributed by atoms with van der Waals surface area (Å²) in [5, 5.41) is 12.5. The maximum atomic E-state index is 10.6. The summed E-state index contributed by atoms with van der Waals surface area (Å²) in [7, 11) is 1.63. The van der Waals surface area contributed by atoms with E-state index in [2.05, 4.69) is 26.0 Å². The lowest BCUT2D eigenvalue weighted by Crippen LogP contribution is -2.19. The van der Waals surface area contributed by atoms with Gasteiger partial charge in [0, 0.05) is 22.7 Å². The number of hydrogen-bond donors (Lipinski definition) is 2. The minimum absolute atomic E-state index is 0.0994. The zero-order valence-electron chi connectivity index (χ0n) is 12.1.